The Bertz CT molecular complexity index is 687. The molecule has 0 bridgehead atoms. The van der Waals surface area contributed by atoms with Crippen LogP contribution in [0.3, 0.4) is 0 Å². The van der Waals surface area contributed by atoms with E-state index < -0.39 is 6.98 Å². The number of likely N-dealkylation sites (tertiary alicyclic amines) is 2. The van der Waals surface area contributed by atoms with Gasteiger partial charge in [-0.3, -0.25) is 9.80 Å². The Hall–Kier alpha value is -1.34. The summed E-state index contributed by atoms with van der Waals surface area (Å²) < 4.78 is 28.4. The van der Waals surface area contributed by atoms with Crippen molar-refractivity contribution in [3.63, 3.8) is 0 Å². The first-order valence-corrected chi connectivity index (χ1v) is 10.4. The van der Waals surface area contributed by atoms with Crippen LogP contribution in [0.2, 0.25) is 0 Å². The molecule has 0 aromatic heterocycles. The molecular weight excluding hydrogens is 344 g/mol. The van der Waals surface area contributed by atoms with Crippen LogP contribution in [0.25, 0.3) is 0 Å². The zero-order valence-electron chi connectivity index (χ0n) is 19.6. The largest absolute Gasteiger partial charge is 0.450 e. The zero-order valence-corrected chi connectivity index (χ0v) is 16.6. The number of carbonyl (C=O) groups is 2. The molecule has 0 unspecified atom stereocenters. The van der Waals surface area contributed by atoms with Gasteiger partial charge in [-0.2, -0.15) is 0 Å². The molecule has 152 valence electrons. The predicted molar refractivity (Wildman–Crippen MR) is 102 cm³/mol. The minimum Gasteiger partial charge on any atom is -0.450 e. The third kappa shape index (κ3) is 3.12. The van der Waals surface area contributed by atoms with Crippen LogP contribution in [0.1, 0.15) is 56.5 Å². The smallest absolute Gasteiger partial charge is 0.409 e. The van der Waals surface area contributed by atoms with Crippen molar-refractivity contribution >= 4 is 12.0 Å². The average Bonchev–Trinajstić information content (AvgIpc) is 3.21. The van der Waals surface area contributed by atoms with E-state index in [1.165, 1.54) is 0 Å². The van der Waals surface area contributed by atoms with Crippen molar-refractivity contribution in [2.24, 2.45) is 5.41 Å². The van der Waals surface area contributed by atoms with Crippen LogP contribution in [0, 0.1) is 5.41 Å². The quantitative estimate of drug-likeness (QED) is 0.748. The summed E-state index contributed by atoms with van der Waals surface area (Å²) in [5.41, 5.74) is -0.115. The number of hydrogen-bond acceptors (Lipinski definition) is 5. The summed E-state index contributed by atoms with van der Waals surface area (Å²) in [4.78, 5) is 28.9. The van der Waals surface area contributed by atoms with E-state index in [4.69, 9.17) is 8.85 Å². The molecule has 7 nitrogen and oxygen atoms in total. The van der Waals surface area contributed by atoms with E-state index in [1.807, 2.05) is 23.8 Å². The molecule has 1 aliphatic carbocycles. The highest BCUT2D eigenvalue weighted by molar-refractivity contribution is 5.79. The Morgan fingerprint density at radius 3 is 2.59 bits per heavy atom. The average molecular weight is 382 g/mol. The number of rotatable bonds is 3. The van der Waals surface area contributed by atoms with Crippen LogP contribution in [0.5, 0.6) is 0 Å². The molecular formula is C20H34N4O3. The Labute approximate surface area is 166 Å². The standard InChI is InChI=1S/C20H34N4O3/c1-4-24-20(14-17(25)21(24)3)7-10-22(11-8-20)16-12-19(13-16)6-9-23(15-19)18(26)27-5-2/h16H,4-15H2,1-3H3/i3D3. The molecule has 2 spiro atoms. The van der Waals surface area contributed by atoms with Crippen LogP contribution < -0.4 is 0 Å². The lowest BCUT2D eigenvalue weighted by atomic mass is 9.64. The van der Waals surface area contributed by atoms with E-state index in [9.17, 15) is 9.59 Å². The monoisotopic (exact) mass is 381 g/mol. The number of piperidine rings is 1. The van der Waals surface area contributed by atoms with E-state index in [0.29, 0.717) is 25.6 Å². The fourth-order valence-electron chi connectivity index (χ4n) is 5.85. The van der Waals surface area contributed by atoms with Crippen LogP contribution in [0.15, 0.2) is 0 Å². The minimum absolute atomic E-state index is 0.192. The topological polar surface area (TPSA) is 56.3 Å². The first-order valence-electron chi connectivity index (χ1n) is 11.9. The SMILES string of the molecule is [2H]C([2H])([2H])N1C(=O)CC2(CCN(C3CC4(CCN(C(=O)OCC)C4)C3)CC2)N1CC. The minimum atomic E-state index is -2.42. The highest BCUT2D eigenvalue weighted by Gasteiger charge is 2.54. The number of carbonyl (C=O) groups excluding carboxylic acids is 2. The Morgan fingerprint density at radius 1 is 1.22 bits per heavy atom. The molecule has 0 aromatic carbocycles. The summed E-state index contributed by atoms with van der Waals surface area (Å²) in [5, 5.41) is 2.85. The highest BCUT2D eigenvalue weighted by atomic mass is 16.6. The molecule has 0 radical (unpaired) electrons. The summed E-state index contributed by atoms with van der Waals surface area (Å²) in [7, 11) is 0. The molecule has 4 fully saturated rings. The van der Waals surface area contributed by atoms with Crippen molar-refractivity contribution in [3.05, 3.63) is 0 Å². The van der Waals surface area contributed by atoms with Crippen LogP contribution in [-0.4, -0.2) is 89.7 Å². The summed E-state index contributed by atoms with van der Waals surface area (Å²) in [5.74, 6) is -0.280. The molecule has 4 rings (SSSR count). The van der Waals surface area contributed by atoms with Crippen molar-refractivity contribution in [2.75, 3.05) is 46.3 Å². The lowest BCUT2D eigenvalue weighted by Gasteiger charge is -2.53. The maximum absolute atomic E-state index is 12.5. The molecule has 0 aromatic rings. The Kier molecular flexibility index (Phi) is 3.99. The summed E-state index contributed by atoms with van der Waals surface area (Å²) >= 11 is 0. The van der Waals surface area contributed by atoms with E-state index in [0.717, 1.165) is 63.3 Å². The normalized spacial score (nSPS) is 36.0. The second-order valence-corrected chi connectivity index (χ2v) is 8.79. The molecule has 1 saturated carbocycles. The van der Waals surface area contributed by atoms with Gasteiger partial charge >= 0.3 is 6.09 Å². The second-order valence-electron chi connectivity index (χ2n) is 8.79. The highest BCUT2D eigenvalue weighted by Crippen LogP contribution is 2.51. The lowest BCUT2D eigenvalue weighted by Crippen LogP contribution is -2.59. The molecule has 0 atom stereocenters. The Balaban J connectivity index is 1.32. The van der Waals surface area contributed by atoms with Gasteiger partial charge in [0.1, 0.15) is 0 Å². The summed E-state index contributed by atoms with van der Waals surface area (Å²) in [6, 6.07) is 0.524. The second kappa shape index (κ2) is 6.92. The van der Waals surface area contributed by atoms with Crippen molar-refractivity contribution < 1.29 is 18.4 Å². The van der Waals surface area contributed by atoms with Crippen LogP contribution in [0.4, 0.5) is 4.79 Å². The van der Waals surface area contributed by atoms with Gasteiger partial charge < -0.3 is 14.5 Å². The van der Waals surface area contributed by atoms with Gasteiger partial charge in [-0.15, -0.1) is 0 Å². The molecule has 3 saturated heterocycles. The van der Waals surface area contributed by atoms with Gasteiger partial charge in [0.15, 0.2) is 0 Å². The molecule has 3 aliphatic heterocycles. The van der Waals surface area contributed by atoms with Gasteiger partial charge in [0, 0.05) is 56.3 Å². The first kappa shape index (κ1) is 15.6. The number of nitrogens with zero attached hydrogens (tertiary/aromatic N) is 4. The summed E-state index contributed by atoms with van der Waals surface area (Å²) in [6.45, 7) is 5.65. The number of ether oxygens (including phenoxy) is 1. The number of amides is 2. The van der Waals surface area contributed by atoms with E-state index in [1.54, 1.807) is 0 Å². The van der Waals surface area contributed by atoms with E-state index in [-0.39, 0.29) is 23.0 Å². The van der Waals surface area contributed by atoms with Gasteiger partial charge in [0.25, 0.3) is 0 Å². The van der Waals surface area contributed by atoms with Gasteiger partial charge in [-0.05, 0) is 44.4 Å². The first-order chi connectivity index (χ1) is 14.1. The van der Waals surface area contributed by atoms with Crippen molar-refractivity contribution in [1.29, 1.82) is 0 Å². The van der Waals surface area contributed by atoms with Crippen LogP contribution in [-0.2, 0) is 9.53 Å². The van der Waals surface area contributed by atoms with Crippen LogP contribution >= 0.6 is 0 Å². The third-order valence-electron chi connectivity index (χ3n) is 7.35. The molecule has 0 N–H and O–H groups in total. The van der Waals surface area contributed by atoms with Crippen molar-refractivity contribution in [2.45, 2.75) is 64.0 Å². The molecule has 3 heterocycles. The van der Waals surface area contributed by atoms with Gasteiger partial charge in [-0.25, -0.2) is 9.80 Å². The maximum atomic E-state index is 12.5. The molecule has 4 aliphatic rings. The fraction of sp³-hybridized carbons (Fsp3) is 0.900. The lowest BCUT2D eigenvalue weighted by molar-refractivity contribution is -0.138. The number of hydrogen-bond donors (Lipinski definition) is 0. The fourth-order valence-corrected chi connectivity index (χ4v) is 5.85. The number of hydrazine groups is 1. The third-order valence-corrected chi connectivity index (χ3v) is 7.35. The summed E-state index contributed by atoms with van der Waals surface area (Å²) in [6.07, 6.45) is 5.00. The van der Waals surface area contributed by atoms with E-state index in [2.05, 4.69) is 4.90 Å². The maximum Gasteiger partial charge on any atom is 0.409 e. The van der Waals surface area contributed by atoms with Gasteiger partial charge in [0.2, 0.25) is 5.91 Å². The van der Waals surface area contributed by atoms with Gasteiger partial charge in [-0.1, -0.05) is 6.92 Å². The Morgan fingerprint density at radius 2 is 1.96 bits per heavy atom. The van der Waals surface area contributed by atoms with Gasteiger partial charge in [0.05, 0.1) is 12.1 Å². The van der Waals surface area contributed by atoms with E-state index >= 15 is 0 Å². The molecule has 27 heavy (non-hydrogen) atoms. The zero-order chi connectivity index (χ0) is 21.7. The molecule has 7 heteroatoms. The van der Waals surface area contributed by atoms with Crippen molar-refractivity contribution in [3.8, 4) is 0 Å². The molecule has 2 amide bonds. The predicted octanol–water partition coefficient (Wildman–Crippen LogP) is 1.93. The van der Waals surface area contributed by atoms with Crippen molar-refractivity contribution in [1.82, 2.24) is 19.8 Å².